The normalized spacial score (nSPS) is 10.4. The van der Waals surface area contributed by atoms with E-state index >= 15 is 0 Å². The number of rotatable bonds is 7. The highest BCUT2D eigenvalue weighted by atomic mass is 35.5. The second kappa shape index (κ2) is 7.86. The van der Waals surface area contributed by atoms with E-state index in [0.29, 0.717) is 30.3 Å². The molecule has 0 aromatic heterocycles. The lowest BCUT2D eigenvalue weighted by Crippen LogP contribution is -2.05. The second-order valence-corrected chi connectivity index (χ2v) is 4.89. The van der Waals surface area contributed by atoms with Gasteiger partial charge in [-0.1, -0.05) is 17.7 Å². The molecule has 0 unspecified atom stereocenters. The van der Waals surface area contributed by atoms with Crippen molar-refractivity contribution in [2.75, 3.05) is 25.6 Å². The molecule has 0 radical (unpaired) electrons. The number of hydrogen-bond acceptors (Lipinski definition) is 3. The summed E-state index contributed by atoms with van der Waals surface area (Å²) in [4.78, 5) is 0. The summed E-state index contributed by atoms with van der Waals surface area (Å²) >= 11 is 5.87. The summed E-state index contributed by atoms with van der Waals surface area (Å²) < 4.78 is 24.1. The molecule has 0 saturated carbocycles. The lowest BCUT2D eigenvalue weighted by molar-refractivity contribution is 0.146. The van der Waals surface area contributed by atoms with Crippen LogP contribution in [0.15, 0.2) is 42.5 Å². The molecule has 0 aliphatic heterocycles. The van der Waals surface area contributed by atoms with Crippen LogP contribution in [0.25, 0.3) is 0 Å². The monoisotopic (exact) mass is 309 g/mol. The van der Waals surface area contributed by atoms with Gasteiger partial charge in [0.25, 0.3) is 0 Å². The average molecular weight is 310 g/mol. The summed E-state index contributed by atoms with van der Waals surface area (Å²) in [6.45, 7) is 1.38. The first kappa shape index (κ1) is 15.6. The third-order valence-electron chi connectivity index (χ3n) is 2.88. The number of methoxy groups -OCH3 is 1. The summed E-state index contributed by atoms with van der Waals surface area (Å²) in [6.07, 6.45) is 0. The molecule has 21 heavy (non-hydrogen) atoms. The highest BCUT2D eigenvalue weighted by Gasteiger charge is 2.03. The molecule has 112 valence electrons. The number of ether oxygens (including phenoxy) is 2. The number of nitrogens with one attached hydrogen (secondary N) is 1. The van der Waals surface area contributed by atoms with Gasteiger partial charge in [0.15, 0.2) is 0 Å². The molecule has 0 amide bonds. The molecule has 2 aromatic rings. The van der Waals surface area contributed by atoms with Crippen molar-refractivity contribution in [2.45, 2.75) is 6.54 Å². The molecule has 3 nitrogen and oxygen atoms in total. The summed E-state index contributed by atoms with van der Waals surface area (Å²) in [5, 5.41) is 3.67. The largest absolute Gasteiger partial charge is 0.491 e. The number of hydrogen-bond donors (Lipinski definition) is 1. The molecule has 0 spiro atoms. The highest BCUT2D eigenvalue weighted by Crippen LogP contribution is 2.20. The standard InChI is InChI=1S/C16H17ClFNO2/c1-20-7-8-21-15-4-2-3-14(10-15)19-11-12-9-13(17)5-6-16(12)18/h2-6,9-10,19H,7-8,11H2,1H3. The summed E-state index contributed by atoms with van der Waals surface area (Å²) in [5.41, 5.74) is 1.37. The van der Waals surface area contributed by atoms with Crippen molar-refractivity contribution in [2.24, 2.45) is 0 Å². The smallest absolute Gasteiger partial charge is 0.128 e. The van der Waals surface area contributed by atoms with E-state index in [0.717, 1.165) is 11.4 Å². The number of anilines is 1. The molecule has 0 aliphatic rings. The van der Waals surface area contributed by atoms with E-state index in [2.05, 4.69) is 5.32 Å². The third kappa shape index (κ3) is 4.92. The van der Waals surface area contributed by atoms with Crippen molar-refractivity contribution in [3.05, 3.63) is 58.9 Å². The van der Waals surface area contributed by atoms with Crippen LogP contribution in [0.1, 0.15) is 5.56 Å². The van der Waals surface area contributed by atoms with E-state index in [1.807, 2.05) is 24.3 Å². The fourth-order valence-corrected chi connectivity index (χ4v) is 2.01. The lowest BCUT2D eigenvalue weighted by atomic mass is 10.2. The summed E-state index contributed by atoms with van der Waals surface area (Å²) in [6, 6.07) is 12.0. The van der Waals surface area contributed by atoms with E-state index in [1.165, 1.54) is 12.1 Å². The topological polar surface area (TPSA) is 30.5 Å². The molecule has 0 aliphatic carbocycles. The fourth-order valence-electron chi connectivity index (χ4n) is 1.81. The van der Waals surface area contributed by atoms with Crippen LogP contribution in [0.3, 0.4) is 0 Å². The molecular formula is C16H17ClFNO2. The zero-order valence-electron chi connectivity index (χ0n) is 11.7. The first-order valence-electron chi connectivity index (χ1n) is 6.58. The van der Waals surface area contributed by atoms with Gasteiger partial charge in [-0.05, 0) is 30.3 Å². The third-order valence-corrected chi connectivity index (χ3v) is 3.12. The van der Waals surface area contributed by atoms with E-state index in [-0.39, 0.29) is 5.82 Å². The molecule has 2 rings (SSSR count). The molecule has 0 fully saturated rings. The first-order chi connectivity index (χ1) is 10.2. The van der Waals surface area contributed by atoms with Crippen LogP contribution >= 0.6 is 11.6 Å². The molecule has 0 heterocycles. The van der Waals surface area contributed by atoms with Gasteiger partial charge >= 0.3 is 0 Å². The maximum absolute atomic E-state index is 13.6. The van der Waals surface area contributed by atoms with Gasteiger partial charge in [-0.2, -0.15) is 0 Å². The molecule has 0 saturated heterocycles. The van der Waals surface area contributed by atoms with Gasteiger partial charge in [0.05, 0.1) is 6.61 Å². The van der Waals surface area contributed by atoms with E-state index < -0.39 is 0 Å². The molecule has 1 N–H and O–H groups in total. The fraction of sp³-hybridized carbons (Fsp3) is 0.250. The zero-order chi connectivity index (χ0) is 15.1. The Bertz CT molecular complexity index is 592. The van der Waals surface area contributed by atoms with Crippen molar-refractivity contribution >= 4 is 17.3 Å². The van der Waals surface area contributed by atoms with Gasteiger partial charge in [-0.15, -0.1) is 0 Å². The summed E-state index contributed by atoms with van der Waals surface area (Å²) in [5.74, 6) is 0.461. The Kier molecular flexibility index (Phi) is 5.84. The molecule has 0 atom stereocenters. The average Bonchev–Trinajstić information content (AvgIpc) is 2.49. The first-order valence-corrected chi connectivity index (χ1v) is 6.96. The van der Waals surface area contributed by atoms with Crippen LogP contribution in [0.2, 0.25) is 5.02 Å². The predicted octanol–water partition coefficient (Wildman–Crippen LogP) is 4.12. The Morgan fingerprint density at radius 3 is 2.81 bits per heavy atom. The van der Waals surface area contributed by atoms with E-state index in [1.54, 1.807) is 13.2 Å². The second-order valence-electron chi connectivity index (χ2n) is 4.46. The summed E-state index contributed by atoms with van der Waals surface area (Å²) in [7, 11) is 1.63. The van der Waals surface area contributed by atoms with Crippen LogP contribution < -0.4 is 10.1 Å². The molecule has 5 heteroatoms. The van der Waals surface area contributed by atoms with Crippen LogP contribution in [-0.2, 0) is 11.3 Å². The molecule has 0 bridgehead atoms. The Balaban J connectivity index is 1.96. The van der Waals surface area contributed by atoms with Gasteiger partial charge in [-0.3, -0.25) is 0 Å². The lowest BCUT2D eigenvalue weighted by Gasteiger charge is -2.10. The Hall–Kier alpha value is -1.78. The van der Waals surface area contributed by atoms with Gasteiger partial charge < -0.3 is 14.8 Å². The predicted molar refractivity (Wildman–Crippen MR) is 82.5 cm³/mol. The zero-order valence-corrected chi connectivity index (χ0v) is 12.5. The quantitative estimate of drug-likeness (QED) is 0.781. The van der Waals surface area contributed by atoms with Gasteiger partial charge in [-0.25, -0.2) is 4.39 Å². The van der Waals surface area contributed by atoms with Crippen LogP contribution in [0.5, 0.6) is 5.75 Å². The van der Waals surface area contributed by atoms with Crippen molar-refractivity contribution in [1.29, 1.82) is 0 Å². The Labute approximate surface area is 128 Å². The van der Waals surface area contributed by atoms with Gasteiger partial charge in [0, 0.05) is 36.0 Å². The van der Waals surface area contributed by atoms with Crippen LogP contribution in [0, 0.1) is 5.82 Å². The number of halogens is 2. The molecular weight excluding hydrogens is 293 g/mol. The van der Waals surface area contributed by atoms with Crippen molar-refractivity contribution < 1.29 is 13.9 Å². The van der Waals surface area contributed by atoms with E-state index in [9.17, 15) is 4.39 Å². The molecule has 2 aromatic carbocycles. The van der Waals surface area contributed by atoms with Gasteiger partial charge in [0.1, 0.15) is 18.2 Å². The SMILES string of the molecule is COCCOc1cccc(NCc2cc(Cl)ccc2F)c1. The Morgan fingerprint density at radius 2 is 2.00 bits per heavy atom. The highest BCUT2D eigenvalue weighted by molar-refractivity contribution is 6.30. The maximum Gasteiger partial charge on any atom is 0.128 e. The minimum absolute atomic E-state index is 0.278. The van der Waals surface area contributed by atoms with Gasteiger partial charge in [0.2, 0.25) is 0 Å². The van der Waals surface area contributed by atoms with Crippen molar-refractivity contribution in [3.8, 4) is 5.75 Å². The van der Waals surface area contributed by atoms with Crippen molar-refractivity contribution in [1.82, 2.24) is 0 Å². The number of benzene rings is 2. The minimum atomic E-state index is -0.278. The maximum atomic E-state index is 13.6. The van der Waals surface area contributed by atoms with Crippen LogP contribution in [-0.4, -0.2) is 20.3 Å². The Morgan fingerprint density at radius 1 is 1.14 bits per heavy atom. The minimum Gasteiger partial charge on any atom is -0.491 e. The van der Waals surface area contributed by atoms with Crippen LogP contribution in [0.4, 0.5) is 10.1 Å². The van der Waals surface area contributed by atoms with Crippen molar-refractivity contribution in [3.63, 3.8) is 0 Å². The van der Waals surface area contributed by atoms with E-state index in [4.69, 9.17) is 21.1 Å².